The van der Waals surface area contributed by atoms with E-state index in [4.69, 9.17) is 4.74 Å². The first-order chi connectivity index (χ1) is 11.7. The van der Waals surface area contributed by atoms with Crippen molar-refractivity contribution in [1.29, 1.82) is 0 Å². The van der Waals surface area contributed by atoms with Crippen LogP contribution in [0.15, 0.2) is 6.07 Å². The van der Waals surface area contributed by atoms with E-state index in [-0.39, 0.29) is 35.8 Å². The molecule has 25 heavy (non-hydrogen) atoms. The summed E-state index contributed by atoms with van der Waals surface area (Å²) in [5, 5.41) is 7.11. The molecule has 8 nitrogen and oxygen atoms in total. The molecule has 1 amide bonds. The Labute approximate surface area is 146 Å². The van der Waals surface area contributed by atoms with Gasteiger partial charge in [0, 0.05) is 17.3 Å². The fraction of sp³-hybridized carbons (Fsp3) is 0.471. The topological polar surface area (TPSA) is 99.0 Å². The van der Waals surface area contributed by atoms with E-state index in [1.54, 1.807) is 27.7 Å². The highest BCUT2D eigenvalue weighted by Gasteiger charge is 2.26. The van der Waals surface area contributed by atoms with Gasteiger partial charge in [0.25, 0.3) is 5.95 Å². The molecule has 1 N–H and O–H groups in total. The lowest BCUT2D eigenvalue weighted by Gasteiger charge is -2.12. The SMILES string of the molecule is CCOC(=O)c1c(C)nn(-c2nc(C)cc(C)n2)c1NC(=O)C(C)C. The van der Waals surface area contributed by atoms with E-state index in [2.05, 4.69) is 20.4 Å². The smallest absolute Gasteiger partial charge is 0.343 e. The zero-order chi connectivity index (χ0) is 18.7. The molecule has 0 fully saturated rings. The maximum atomic E-state index is 12.3. The minimum atomic E-state index is -0.547. The van der Waals surface area contributed by atoms with E-state index in [1.807, 2.05) is 19.9 Å². The van der Waals surface area contributed by atoms with Crippen molar-refractivity contribution in [3.8, 4) is 5.95 Å². The number of aryl methyl sites for hydroxylation is 3. The quantitative estimate of drug-likeness (QED) is 0.835. The maximum Gasteiger partial charge on any atom is 0.343 e. The predicted octanol–water partition coefficient (Wildman–Crippen LogP) is 2.36. The van der Waals surface area contributed by atoms with E-state index in [1.165, 1.54) is 4.68 Å². The Bertz CT molecular complexity index is 791. The number of esters is 1. The predicted molar refractivity (Wildman–Crippen MR) is 92.8 cm³/mol. The van der Waals surface area contributed by atoms with Crippen molar-refractivity contribution in [3.63, 3.8) is 0 Å². The summed E-state index contributed by atoms with van der Waals surface area (Å²) in [6.45, 7) is 10.8. The van der Waals surface area contributed by atoms with Crippen molar-refractivity contribution in [2.75, 3.05) is 11.9 Å². The number of amides is 1. The minimum absolute atomic E-state index is 0.207. The molecule has 2 rings (SSSR count). The van der Waals surface area contributed by atoms with Crippen LogP contribution < -0.4 is 5.32 Å². The van der Waals surface area contributed by atoms with Gasteiger partial charge >= 0.3 is 5.97 Å². The van der Waals surface area contributed by atoms with Gasteiger partial charge in [-0.3, -0.25) is 4.79 Å². The summed E-state index contributed by atoms with van der Waals surface area (Å²) in [5.74, 6) is -0.542. The van der Waals surface area contributed by atoms with Crippen LogP contribution in [0, 0.1) is 26.7 Å². The van der Waals surface area contributed by atoms with Gasteiger partial charge in [0.15, 0.2) is 5.82 Å². The van der Waals surface area contributed by atoms with Gasteiger partial charge in [0.05, 0.1) is 12.3 Å². The van der Waals surface area contributed by atoms with Crippen LogP contribution in [0.2, 0.25) is 0 Å². The molecule has 2 aromatic rings. The van der Waals surface area contributed by atoms with Gasteiger partial charge in [0.1, 0.15) is 5.56 Å². The Morgan fingerprint density at radius 1 is 1.20 bits per heavy atom. The lowest BCUT2D eigenvalue weighted by molar-refractivity contribution is -0.118. The average Bonchev–Trinajstić information content (AvgIpc) is 2.83. The summed E-state index contributed by atoms with van der Waals surface area (Å²) in [4.78, 5) is 33.3. The molecule has 0 bridgehead atoms. The molecular weight excluding hydrogens is 322 g/mol. The fourth-order valence-electron chi connectivity index (χ4n) is 2.30. The Hall–Kier alpha value is -2.77. The number of nitrogens with one attached hydrogen (secondary N) is 1. The first kappa shape index (κ1) is 18.6. The summed E-state index contributed by atoms with van der Waals surface area (Å²) in [6.07, 6.45) is 0. The maximum absolute atomic E-state index is 12.3. The van der Waals surface area contributed by atoms with Crippen LogP contribution in [0.25, 0.3) is 5.95 Å². The van der Waals surface area contributed by atoms with Crippen molar-refractivity contribution < 1.29 is 14.3 Å². The molecule has 0 aliphatic heterocycles. The number of nitrogens with zero attached hydrogens (tertiary/aromatic N) is 4. The second-order valence-electron chi connectivity index (χ2n) is 6.04. The van der Waals surface area contributed by atoms with Crippen molar-refractivity contribution in [3.05, 3.63) is 28.7 Å². The lowest BCUT2D eigenvalue weighted by atomic mass is 10.2. The summed E-state index contributed by atoms with van der Waals surface area (Å²) >= 11 is 0. The number of hydrogen-bond acceptors (Lipinski definition) is 6. The normalized spacial score (nSPS) is 10.8. The fourth-order valence-corrected chi connectivity index (χ4v) is 2.30. The summed E-state index contributed by atoms with van der Waals surface area (Å²) in [7, 11) is 0. The Morgan fingerprint density at radius 2 is 1.80 bits per heavy atom. The number of aromatic nitrogens is 4. The largest absolute Gasteiger partial charge is 0.462 e. The van der Waals surface area contributed by atoms with Crippen LogP contribution in [-0.4, -0.2) is 38.2 Å². The lowest BCUT2D eigenvalue weighted by Crippen LogP contribution is -2.22. The van der Waals surface area contributed by atoms with Gasteiger partial charge in [-0.15, -0.1) is 0 Å². The third-order valence-electron chi connectivity index (χ3n) is 3.47. The standard InChI is InChI=1S/C17H23N5O3/c1-7-25-16(24)13-12(6)21-22(14(13)20-15(23)9(2)3)17-18-10(4)8-11(5)19-17/h8-9H,7H2,1-6H3,(H,20,23). The highest BCUT2D eigenvalue weighted by Crippen LogP contribution is 2.24. The van der Waals surface area contributed by atoms with E-state index < -0.39 is 5.97 Å². The van der Waals surface area contributed by atoms with Gasteiger partial charge in [-0.05, 0) is 33.8 Å². The van der Waals surface area contributed by atoms with Gasteiger partial charge in [0.2, 0.25) is 5.91 Å². The zero-order valence-electron chi connectivity index (χ0n) is 15.4. The van der Waals surface area contributed by atoms with Crippen LogP contribution >= 0.6 is 0 Å². The van der Waals surface area contributed by atoms with Gasteiger partial charge in [-0.25, -0.2) is 14.8 Å². The van der Waals surface area contributed by atoms with Crippen molar-refractivity contribution in [1.82, 2.24) is 19.7 Å². The molecule has 0 aliphatic carbocycles. The van der Waals surface area contributed by atoms with Crippen LogP contribution in [0.1, 0.15) is 48.2 Å². The third kappa shape index (κ3) is 4.01. The van der Waals surface area contributed by atoms with E-state index in [0.717, 1.165) is 11.4 Å². The average molecular weight is 345 g/mol. The number of carbonyl (C=O) groups is 2. The molecule has 0 radical (unpaired) electrons. The first-order valence-electron chi connectivity index (χ1n) is 8.14. The second kappa shape index (κ2) is 7.42. The van der Waals surface area contributed by atoms with Gasteiger partial charge in [-0.1, -0.05) is 13.8 Å². The summed E-state index contributed by atoms with van der Waals surface area (Å²) < 4.78 is 6.48. The number of rotatable bonds is 5. The summed E-state index contributed by atoms with van der Waals surface area (Å²) in [6, 6.07) is 1.83. The highest BCUT2D eigenvalue weighted by atomic mass is 16.5. The van der Waals surface area contributed by atoms with Gasteiger partial charge in [-0.2, -0.15) is 9.78 Å². The summed E-state index contributed by atoms with van der Waals surface area (Å²) in [5.41, 5.74) is 2.16. The Balaban J connectivity index is 2.64. The van der Waals surface area contributed by atoms with Crippen molar-refractivity contribution in [2.24, 2.45) is 5.92 Å². The van der Waals surface area contributed by atoms with Gasteiger partial charge < -0.3 is 10.1 Å². The first-order valence-corrected chi connectivity index (χ1v) is 8.14. The number of anilines is 1. The number of carbonyl (C=O) groups excluding carboxylic acids is 2. The molecule has 0 unspecified atom stereocenters. The molecular formula is C17H23N5O3. The molecule has 134 valence electrons. The van der Waals surface area contributed by atoms with E-state index >= 15 is 0 Å². The molecule has 0 spiro atoms. The Kier molecular flexibility index (Phi) is 5.51. The second-order valence-corrected chi connectivity index (χ2v) is 6.04. The molecule has 2 aromatic heterocycles. The Morgan fingerprint density at radius 3 is 2.32 bits per heavy atom. The minimum Gasteiger partial charge on any atom is -0.462 e. The zero-order valence-corrected chi connectivity index (χ0v) is 15.4. The van der Waals surface area contributed by atoms with Crippen molar-refractivity contribution >= 4 is 17.7 Å². The van der Waals surface area contributed by atoms with Crippen LogP contribution in [0.4, 0.5) is 5.82 Å². The molecule has 0 aliphatic rings. The van der Waals surface area contributed by atoms with Crippen LogP contribution in [0.3, 0.4) is 0 Å². The molecule has 2 heterocycles. The molecule has 0 saturated heterocycles. The molecule has 8 heteroatoms. The highest BCUT2D eigenvalue weighted by molar-refractivity contribution is 6.01. The van der Waals surface area contributed by atoms with Crippen LogP contribution in [0.5, 0.6) is 0 Å². The number of hydrogen-bond donors (Lipinski definition) is 1. The molecule has 0 aromatic carbocycles. The van der Waals surface area contributed by atoms with Crippen LogP contribution in [-0.2, 0) is 9.53 Å². The molecule has 0 saturated carbocycles. The van der Waals surface area contributed by atoms with Crippen molar-refractivity contribution in [2.45, 2.75) is 41.5 Å². The monoisotopic (exact) mass is 345 g/mol. The van der Waals surface area contributed by atoms with E-state index in [0.29, 0.717) is 5.69 Å². The number of ether oxygens (including phenoxy) is 1. The third-order valence-corrected chi connectivity index (χ3v) is 3.47. The molecule has 0 atom stereocenters. The van der Waals surface area contributed by atoms with E-state index in [9.17, 15) is 9.59 Å².